The number of carbonyl (C=O) groups is 1. The molecule has 0 rings (SSSR count). The van der Waals surface area contributed by atoms with Crippen LogP contribution in [-0.4, -0.2) is 24.4 Å². The largest absolute Gasteiger partial charge is 0.346 e. The highest BCUT2D eigenvalue weighted by Gasteiger charge is 2.06. The molecule has 1 amide bonds. The Balaban J connectivity index is 3.44. The fourth-order valence-electron chi connectivity index (χ4n) is 1.44. The average molecular weight is 199 g/mol. The van der Waals surface area contributed by atoms with Crippen molar-refractivity contribution in [2.24, 2.45) is 0 Å². The zero-order chi connectivity index (χ0) is 10.8. The van der Waals surface area contributed by atoms with Crippen molar-refractivity contribution in [3.8, 4) is 0 Å². The number of hydrogen-bond acceptors (Lipinski definition) is 1. The molecule has 0 N–H and O–H groups in total. The van der Waals surface area contributed by atoms with Gasteiger partial charge in [0.1, 0.15) is 0 Å². The minimum absolute atomic E-state index is 0.314. The van der Waals surface area contributed by atoms with Gasteiger partial charge in [0.25, 0.3) is 0 Å². The van der Waals surface area contributed by atoms with E-state index < -0.39 is 0 Å². The predicted molar refractivity (Wildman–Crippen MR) is 61.3 cm³/mol. The van der Waals surface area contributed by atoms with Crippen molar-refractivity contribution in [1.82, 2.24) is 4.90 Å². The summed E-state index contributed by atoms with van der Waals surface area (Å²) in [6, 6.07) is 0. The molecular formula is C12H25NO. The zero-order valence-electron chi connectivity index (χ0n) is 10.0. The highest BCUT2D eigenvalue weighted by atomic mass is 16.2. The van der Waals surface area contributed by atoms with Crippen molar-refractivity contribution >= 4 is 5.91 Å². The van der Waals surface area contributed by atoms with Gasteiger partial charge in [0, 0.05) is 20.0 Å². The van der Waals surface area contributed by atoms with E-state index >= 15 is 0 Å². The lowest BCUT2D eigenvalue weighted by Gasteiger charge is -2.16. The van der Waals surface area contributed by atoms with Crippen LogP contribution in [0.15, 0.2) is 0 Å². The van der Waals surface area contributed by atoms with Crippen LogP contribution in [0.4, 0.5) is 0 Å². The summed E-state index contributed by atoms with van der Waals surface area (Å²) in [5.41, 5.74) is 0. The fraction of sp³-hybridized carbons (Fsp3) is 0.917. The van der Waals surface area contributed by atoms with E-state index in [4.69, 9.17) is 0 Å². The molecule has 0 aromatic rings. The molecule has 0 unspecified atom stereocenters. The molecule has 0 fully saturated rings. The van der Waals surface area contributed by atoms with Gasteiger partial charge in [-0.3, -0.25) is 4.79 Å². The van der Waals surface area contributed by atoms with E-state index in [1.165, 1.54) is 25.7 Å². The lowest BCUT2D eigenvalue weighted by Crippen LogP contribution is -2.27. The Morgan fingerprint density at radius 3 is 2.14 bits per heavy atom. The van der Waals surface area contributed by atoms with Crippen LogP contribution in [0, 0.1) is 0 Å². The molecule has 2 nitrogen and oxygen atoms in total. The lowest BCUT2D eigenvalue weighted by molar-refractivity contribution is -0.130. The van der Waals surface area contributed by atoms with Crippen LogP contribution >= 0.6 is 0 Å². The number of rotatable bonds is 8. The van der Waals surface area contributed by atoms with E-state index in [1.807, 2.05) is 11.9 Å². The zero-order valence-corrected chi connectivity index (χ0v) is 10.0. The van der Waals surface area contributed by atoms with Gasteiger partial charge in [0.05, 0.1) is 0 Å². The second kappa shape index (κ2) is 9.04. The SMILES string of the molecule is CCCCCC(=O)N(C)CCCCC. The third-order valence-corrected chi connectivity index (χ3v) is 2.52. The van der Waals surface area contributed by atoms with Gasteiger partial charge in [-0.15, -0.1) is 0 Å². The first kappa shape index (κ1) is 13.5. The Labute approximate surface area is 88.7 Å². The number of hydrogen-bond donors (Lipinski definition) is 0. The second-order valence-corrected chi connectivity index (χ2v) is 3.98. The van der Waals surface area contributed by atoms with Gasteiger partial charge in [-0.1, -0.05) is 39.5 Å². The third-order valence-electron chi connectivity index (χ3n) is 2.52. The topological polar surface area (TPSA) is 20.3 Å². The molecular weight excluding hydrogens is 174 g/mol. The van der Waals surface area contributed by atoms with E-state index in [2.05, 4.69) is 13.8 Å². The average Bonchev–Trinajstić information content (AvgIpc) is 2.18. The Kier molecular flexibility index (Phi) is 8.70. The van der Waals surface area contributed by atoms with Gasteiger partial charge in [0.15, 0.2) is 0 Å². The maximum Gasteiger partial charge on any atom is 0.222 e. The maximum atomic E-state index is 11.5. The van der Waals surface area contributed by atoms with Crippen LogP contribution in [0.1, 0.15) is 58.8 Å². The molecule has 0 saturated heterocycles. The van der Waals surface area contributed by atoms with Crippen molar-refractivity contribution in [2.75, 3.05) is 13.6 Å². The summed E-state index contributed by atoms with van der Waals surface area (Å²) >= 11 is 0. The molecule has 0 aromatic heterocycles. The van der Waals surface area contributed by atoms with Crippen molar-refractivity contribution in [3.63, 3.8) is 0 Å². The molecule has 0 aliphatic carbocycles. The monoisotopic (exact) mass is 199 g/mol. The van der Waals surface area contributed by atoms with Gasteiger partial charge < -0.3 is 4.90 Å². The van der Waals surface area contributed by atoms with Crippen LogP contribution in [0.25, 0.3) is 0 Å². The Morgan fingerprint density at radius 1 is 1.00 bits per heavy atom. The molecule has 2 heteroatoms. The first-order valence-electron chi connectivity index (χ1n) is 5.96. The van der Waals surface area contributed by atoms with Crippen molar-refractivity contribution in [1.29, 1.82) is 0 Å². The van der Waals surface area contributed by atoms with Crippen LogP contribution in [-0.2, 0) is 4.79 Å². The highest BCUT2D eigenvalue weighted by Crippen LogP contribution is 2.03. The summed E-state index contributed by atoms with van der Waals surface area (Å²) in [5.74, 6) is 0.314. The van der Waals surface area contributed by atoms with E-state index in [-0.39, 0.29) is 0 Å². The van der Waals surface area contributed by atoms with Crippen molar-refractivity contribution < 1.29 is 4.79 Å². The summed E-state index contributed by atoms with van der Waals surface area (Å²) in [5, 5.41) is 0. The summed E-state index contributed by atoms with van der Waals surface area (Å²) < 4.78 is 0. The minimum Gasteiger partial charge on any atom is -0.346 e. The molecule has 0 aromatic carbocycles. The van der Waals surface area contributed by atoms with E-state index in [0.29, 0.717) is 5.91 Å². The van der Waals surface area contributed by atoms with Crippen LogP contribution in [0.3, 0.4) is 0 Å². The predicted octanol–water partition coefficient (Wildman–Crippen LogP) is 3.22. The van der Waals surface area contributed by atoms with Crippen molar-refractivity contribution in [2.45, 2.75) is 58.8 Å². The first-order valence-corrected chi connectivity index (χ1v) is 5.96. The molecule has 14 heavy (non-hydrogen) atoms. The molecule has 0 aliphatic rings. The van der Waals surface area contributed by atoms with E-state index in [0.717, 1.165) is 25.8 Å². The van der Waals surface area contributed by atoms with Crippen molar-refractivity contribution in [3.05, 3.63) is 0 Å². The van der Waals surface area contributed by atoms with Gasteiger partial charge in [-0.2, -0.15) is 0 Å². The molecule has 0 aliphatic heterocycles. The molecule has 84 valence electrons. The number of nitrogens with zero attached hydrogens (tertiary/aromatic N) is 1. The molecule has 0 radical (unpaired) electrons. The molecule has 0 bridgehead atoms. The van der Waals surface area contributed by atoms with E-state index in [9.17, 15) is 4.79 Å². The number of unbranched alkanes of at least 4 members (excludes halogenated alkanes) is 4. The van der Waals surface area contributed by atoms with Crippen LogP contribution in [0.5, 0.6) is 0 Å². The summed E-state index contributed by atoms with van der Waals surface area (Å²) in [6.07, 6.45) is 7.74. The number of amides is 1. The Hall–Kier alpha value is -0.530. The van der Waals surface area contributed by atoms with Crippen LogP contribution in [0.2, 0.25) is 0 Å². The van der Waals surface area contributed by atoms with Gasteiger partial charge >= 0.3 is 0 Å². The quantitative estimate of drug-likeness (QED) is 0.550. The molecule has 0 heterocycles. The maximum absolute atomic E-state index is 11.5. The third kappa shape index (κ3) is 6.93. The molecule has 0 atom stereocenters. The highest BCUT2D eigenvalue weighted by molar-refractivity contribution is 5.75. The van der Waals surface area contributed by atoms with Crippen LogP contribution < -0.4 is 0 Å². The van der Waals surface area contributed by atoms with Gasteiger partial charge in [0.2, 0.25) is 5.91 Å². The summed E-state index contributed by atoms with van der Waals surface area (Å²) in [4.78, 5) is 13.4. The van der Waals surface area contributed by atoms with E-state index in [1.54, 1.807) is 0 Å². The smallest absolute Gasteiger partial charge is 0.222 e. The van der Waals surface area contributed by atoms with Gasteiger partial charge in [-0.25, -0.2) is 0 Å². The summed E-state index contributed by atoms with van der Waals surface area (Å²) in [7, 11) is 1.92. The summed E-state index contributed by atoms with van der Waals surface area (Å²) in [6.45, 7) is 5.28. The Morgan fingerprint density at radius 2 is 1.57 bits per heavy atom. The fourth-order valence-corrected chi connectivity index (χ4v) is 1.44. The number of carbonyl (C=O) groups excluding carboxylic acids is 1. The minimum atomic E-state index is 0.314. The second-order valence-electron chi connectivity index (χ2n) is 3.98. The molecule has 0 saturated carbocycles. The molecule has 0 spiro atoms. The normalized spacial score (nSPS) is 10.2. The standard InChI is InChI=1S/C12H25NO/c1-4-6-8-10-12(14)13(3)11-9-7-5-2/h4-11H2,1-3H3. The first-order chi connectivity index (χ1) is 6.72. The lowest BCUT2D eigenvalue weighted by atomic mass is 10.2. The Bertz CT molecular complexity index is 145. The van der Waals surface area contributed by atoms with Gasteiger partial charge in [-0.05, 0) is 12.8 Å².